The topological polar surface area (TPSA) is 14.7 Å². The second-order valence-electron chi connectivity index (χ2n) is 29.8. The number of thiophene rings is 1. The van der Waals surface area contributed by atoms with Crippen molar-refractivity contribution < 1.29 is 0 Å². The van der Waals surface area contributed by atoms with Crippen molar-refractivity contribution in [2.45, 2.75) is 136 Å². The molecule has 87 heavy (non-hydrogen) atoms. The lowest BCUT2D eigenvalue weighted by atomic mass is 9.31. The van der Waals surface area contributed by atoms with Crippen molar-refractivity contribution in [3.63, 3.8) is 0 Å². The van der Waals surface area contributed by atoms with Crippen molar-refractivity contribution in [3.8, 4) is 11.3 Å². The predicted molar refractivity (Wildman–Crippen MR) is 377 cm³/mol. The maximum Gasteiger partial charge on any atom is 0.247 e. The van der Waals surface area contributed by atoms with Crippen molar-refractivity contribution in [1.82, 2.24) is 4.57 Å². The van der Waals surface area contributed by atoms with Crippen LogP contribution >= 0.6 is 11.3 Å². The van der Waals surface area contributed by atoms with E-state index in [1.54, 1.807) is 0 Å². The number of rotatable bonds is 7. The van der Waals surface area contributed by atoms with Crippen LogP contribution in [-0.4, -0.2) is 17.3 Å². The molecule has 2 aliphatic carbocycles. The fourth-order valence-corrected chi connectivity index (χ4v) is 16.3. The number of para-hydroxylation sites is 1. The maximum atomic E-state index is 2.82. The van der Waals surface area contributed by atoms with E-state index in [9.17, 15) is 0 Å². The van der Waals surface area contributed by atoms with Crippen molar-refractivity contribution in [2.75, 3.05) is 14.7 Å². The Morgan fingerprint density at radius 3 is 1.54 bits per heavy atom. The predicted octanol–water partition coefficient (Wildman–Crippen LogP) is 21.0. The zero-order valence-electron chi connectivity index (χ0n) is 53.2. The van der Waals surface area contributed by atoms with Gasteiger partial charge in [-0.25, -0.2) is 0 Å². The normalized spacial score (nSPS) is 16.1. The van der Waals surface area contributed by atoms with Gasteiger partial charge in [0.15, 0.2) is 0 Å². The van der Waals surface area contributed by atoms with Crippen molar-refractivity contribution >= 4 is 106 Å². The van der Waals surface area contributed by atoms with Gasteiger partial charge in [0.1, 0.15) is 0 Å². The van der Waals surface area contributed by atoms with Gasteiger partial charge in [-0.15, -0.1) is 11.3 Å². The largest absolute Gasteiger partial charge is 0.334 e. The molecule has 0 bridgehead atoms. The van der Waals surface area contributed by atoms with Gasteiger partial charge < -0.3 is 19.3 Å². The number of nitrogens with zero attached hydrogens (tertiary/aromatic N) is 4. The first kappa shape index (κ1) is 55.3. The molecule has 15 rings (SSSR count). The Balaban J connectivity index is 1.05. The van der Waals surface area contributed by atoms with Gasteiger partial charge in [0.2, 0.25) is 6.71 Å². The highest BCUT2D eigenvalue weighted by molar-refractivity contribution is 7.26. The lowest BCUT2D eigenvalue weighted by Crippen LogP contribution is -2.60. The minimum absolute atomic E-state index is 0.000690. The van der Waals surface area contributed by atoms with Crippen molar-refractivity contribution in [1.29, 1.82) is 0 Å². The SMILES string of the molecule is CC(C)(C)c1ccc(N(C2=CC3=C4B(c5ccc(N(c6ccc(C(C)(C)C)cc6)c6ccc(C(C)(C)C)cc6)cc5N(c5cccc6sc7ccccc7c56)C4C2)c2cccc4c5c(n3c24)-c2ccccc2C5(C)C)c2ccc(C(C)(C)C)cc2)cc1. The van der Waals surface area contributed by atoms with Crippen LogP contribution in [0.1, 0.15) is 137 Å². The number of hydrogen-bond acceptors (Lipinski definition) is 4. The quantitative estimate of drug-likeness (QED) is 0.148. The van der Waals surface area contributed by atoms with E-state index >= 15 is 0 Å². The van der Waals surface area contributed by atoms with E-state index in [2.05, 4.69) is 322 Å². The van der Waals surface area contributed by atoms with Gasteiger partial charge in [-0.1, -0.05) is 218 Å². The summed E-state index contributed by atoms with van der Waals surface area (Å²) in [4.78, 5) is 7.92. The molecule has 4 nitrogen and oxygen atoms in total. The Labute approximate surface area is 520 Å². The number of aromatic nitrogens is 1. The third kappa shape index (κ3) is 8.66. The molecule has 432 valence electrons. The highest BCUT2D eigenvalue weighted by Crippen LogP contribution is 2.58. The van der Waals surface area contributed by atoms with E-state index < -0.39 is 0 Å². The van der Waals surface area contributed by atoms with E-state index in [1.165, 1.54) is 115 Å². The molecular weight excluding hydrogens is 1070 g/mol. The van der Waals surface area contributed by atoms with Crippen LogP contribution in [0.3, 0.4) is 0 Å². The summed E-state index contributed by atoms with van der Waals surface area (Å²) in [5.74, 6) is 0. The van der Waals surface area contributed by atoms with Gasteiger partial charge in [0.25, 0.3) is 0 Å². The fraction of sp³-hybridized carbons (Fsp3) is 0.259. The molecule has 4 heterocycles. The van der Waals surface area contributed by atoms with Crippen LogP contribution in [0.4, 0.5) is 39.8 Å². The van der Waals surface area contributed by atoms with Crippen LogP contribution in [0.2, 0.25) is 0 Å². The van der Waals surface area contributed by atoms with Gasteiger partial charge in [-0.05, 0) is 156 Å². The lowest BCUT2D eigenvalue weighted by molar-refractivity contribution is 0.590. The Bertz CT molecular complexity index is 4540. The average molecular weight is 1150 g/mol. The second-order valence-corrected chi connectivity index (χ2v) is 30.9. The minimum Gasteiger partial charge on any atom is -0.334 e. The van der Waals surface area contributed by atoms with E-state index in [-0.39, 0.29) is 39.8 Å². The molecule has 9 aromatic carbocycles. The second kappa shape index (κ2) is 19.3. The summed E-state index contributed by atoms with van der Waals surface area (Å²) in [7, 11) is 0. The number of hydrogen-bond donors (Lipinski definition) is 0. The molecule has 0 radical (unpaired) electrons. The first-order chi connectivity index (χ1) is 41.4. The molecule has 0 spiro atoms. The smallest absolute Gasteiger partial charge is 0.247 e. The van der Waals surface area contributed by atoms with E-state index in [1.807, 2.05) is 11.3 Å². The summed E-state index contributed by atoms with van der Waals surface area (Å²) in [6.07, 6.45) is 3.38. The standard InChI is InChI=1S/C81H79BN4S/c1-77(2,3)50-29-37-54(38-30-50)83(55-39-31-51(32-40-55)78(4,5)6)58-45-46-64-67(47-58)85(66-26-20-28-71-72(66)61-22-16-18-27-70(61)87-71)68-48-59(84(56-41-33-52(34-42-56)79(7,8)9)57-43-35-53(36-44-57)80(10,11)12)49-69-74(68)82(64)65-25-19-23-62-73-76(86(69)75(62)65)60-21-15-17-24-63(60)81(73,13)14/h15-47,49,68H,48H2,1-14H3. The van der Waals surface area contributed by atoms with Crippen LogP contribution in [0.25, 0.3) is 48.0 Å². The highest BCUT2D eigenvalue weighted by atomic mass is 32.1. The molecule has 2 aliphatic heterocycles. The van der Waals surface area contributed by atoms with E-state index in [0.717, 1.165) is 34.9 Å². The summed E-state index contributed by atoms with van der Waals surface area (Å²) < 4.78 is 5.35. The summed E-state index contributed by atoms with van der Waals surface area (Å²) >= 11 is 1.91. The van der Waals surface area contributed by atoms with Crippen LogP contribution in [-0.2, 0) is 27.1 Å². The molecule has 0 saturated carbocycles. The zero-order valence-corrected chi connectivity index (χ0v) is 54.0. The van der Waals surface area contributed by atoms with Crippen LogP contribution in [0.5, 0.6) is 0 Å². The molecule has 4 aliphatic rings. The zero-order chi connectivity index (χ0) is 60.4. The summed E-state index contributed by atoms with van der Waals surface area (Å²) in [5, 5.41) is 3.95. The maximum absolute atomic E-state index is 2.82. The first-order valence-corrected chi connectivity index (χ1v) is 32.4. The van der Waals surface area contributed by atoms with Crippen LogP contribution < -0.4 is 25.6 Å². The number of fused-ring (bicyclic) bond motifs is 12. The third-order valence-electron chi connectivity index (χ3n) is 19.8. The van der Waals surface area contributed by atoms with Gasteiger partial charge >= 0.3 is 0 Å². The Morgan fingerprint density at radius 1 is 0.471 bits per heavy atom. The summed E-state index contributed by atoms with van der Waals surface area (Å²) in [5.41, 5.74) is 26.8. The molecule has 2 aromatic heterocycles. The monoisotopic (exact) mass is 1150 g/mol. The molecule has 0 amide bonds. The minimum atomic E-state index is -0.223. The Kier molecular flexibility index (Phi) is 12.3. The fourth-order valence-electron chi connectivity index (χ4n) is 15.2. The van der Waals surface area contributed by atoms with E-state index in [0.29, 0.717) is 0 Å². The average Bonchev–Trinajstić information content (AvgIpc) is 1.58. The number of anilines is 7. The molecular formula is C81H79BN4S. The van der Waals surface area contributed by atoms with Crippen molar-refractivity contribution in [3.05, 3.63) is 251 Å². The third-order valence-corrected chi connectivity index (χ3v) is 20.9. The lowest BCUT2D eigenvalue weighted by Gasteiger charge is -2.49. The van der Waals surface area contributed by atoms with Crippen LogP contribution in [0, 0.1) is 0 Å². The van der Waals surface area contributed by atoms with Crippen molar-refractivity contribution in [2.24, 2.45) is 0 Å². The highest BCUT2D eigenvalue weighted by Gasteiger charge is 2.51. The van der Waals surface area contributed by atoms with E-state index in [4.69, 9.17) is 0 Å². The molecule has 11 aromatic rings. The number of allylic oxidation sites excluding steroid dienone is 2. The summed E-state index contributed by atoms with van der Waals surface area (Å²) in [6, 6.07) is 77.7. The molecule has 1 unspecified atom stereocenters. The number of benzene rings is 9. The van der Waals surface area contributed by atoms with Gasteiger partial charge in [-0.3, -0.25) is 0 Å². The van der Waals surface area contributed by atoms with Gasteiger partial charge in [0.05, 0.1) is 17.4 Å². The van der Waals surface area contributed by atoms with Gasteiger partial charge in [-0.2, -0.15) is 0 Å². The Hall–Kier alpha value is -8.32. The molecule has 1 atom stereocenters. The molecule has 0 N–H and O–H groups in total. The van der Waals surface area contributed by atoms with Gasteiger partial charge in [0, 0.05) is 94.0 Å². The summed E-state index contributed by atoms with van der Waals surface area (Å²) in [6.45, 7) is 32.6. The first-order valence-electron chi connectivity index (χ1n) is 31.5. The molecule has 0 saturated heterocycles. The Morgan fingerprint density at radius 2 is 0.966 bits per heavy atom. The molecule has 0 fully saturated rings. The van der Waals surface area contributed by atoms with Crippen LogP contribution in [0.15, 0.2) is 217 Å². The molecule has 6 heteroatoms.